The van der Waals surface area contributed by atoms with Crippen LogP contribution in [0.1, 0.15) is 23.7 Å². The highest BCUT2D eigenvalue weighted by Gasteiger charge is 2.41. The van der Waals surface area contributed by atoms with E-state index in [4.69, 9.17) is 0 Å². The third kappa shape index (κ3) is 6.57. The van der Waals surface area contributed by atoms with E-state index in [1.165, 1.54) is 14.7 Å². The van der Waals surface area contributed by atoms with Gasteiger partial charge in [-0.05, 0) is 42.3 Å². The third-order valence-electron chi connectivity index (χ3n) is 5.20. The van der Waals surface area contributed by atoms with Crippen molar-refractivity contribution >= 4 is 41.1 Å². The number of rotatable bonds is 10. The van der Waals surface area contributed by atoms with Crippen molar-refractivity contribution in [3.8, 4) is 0 Å². The van der Waals surface area contributed by atoms with Crippen LogP contribution >= 0.6 is 35.3 Å². The van der Waals surface area contributed by atoms with Gasteiger partial charge in [0.05, 0.1) is 0 Å². The van der Waals surface area contributed by atoms with Gasteiger partial charge in [-0.25, -0.2) is 0 Å². The summed E-state index contributed by atoms with van der Waals surface area (Å²) < 4.78 is -0.339. The summed E-state index contributed by atoms with van der Waals surface area (Å²) >= 11 is 5.53. The molecule has 0 spiro atoms. The predicted octanol–water partition coefficient (Wildman–Crippen LogP) is 8.93. The SMILES string of the molecule is CC(CC(=O)c1ccccc1)C(Sc1ccccc1)(Sc1ccccc1)Sc1ccccc1. The molecule has 0 radical (unpaired) electrons. The van der Waals surface area contributed by atoms with Crippen molar-refractivity contribution in [1.82, 2.24) is 0 Å². The Balaban J connectivity index is 1.73. The van der Waals surface area contributed by atoms with Crippen molar-refractivity contribution in [2.75, 3.05) is 0 Å². The molecule has 0 fully saturated rings. The molecule has 4 aromatic rings. The first-order valence-electron chi connectivity index (χ1n) is 10.9. The summed E-state index contributed by atoms with van der Waals surface area (Å²) in [6, 6.07) is 41.2. The molecule has 0 saturated carbocycles. The number of thioether (sulfide) groups is 3. The lowest BCUT2D eigenvalue weighted by atomic mass is 10.0. The molecule has 4 heteroatoms. The summed E-state index contributed by atoms with van der Waals surface area (Å²) in [6.45, 7) is 2.21. The quantitative estimate of drug-likeness (QED) is 0.126. The molecule has 1 nitrogen and oxygen atoms in total. The minimum Gasteiger partial charge on any atom is -0.294 e. The molecule has 0 aliphatic carbocycles. The average molecular weight is 487 g/mol. The zero-order valence-corrected chi connectivity index (χ0v) is 20.9. The number of Topliss-reactive ketones (excluding diaryl/α,β-unsaturated/α-hetero) is 1. The fraction of sp³-hybridized carbons (Fsp3) is 0.138. The number of carbonyl (C=O) groups excluding carboxylic acids is 1. The van der Waals surface area contributed by atoms with Gasteiger partial charge in [-0.1, -0.05) is 127 Å². The van der Waals surface area contributed by atoms with E-state index in [2.05, 4.69) is 79.7 Å². The van der Waals surface area contributed by atoms with Gasteiger partial charge in [0.2, 0.25) is 0 Å². The van der Waals surface area contributed by atoms with Crippen molar-refractivity contribution in [1.29, 1.82) is 0 Å². The van der Waals surface area contributed by atoms with E-state index in [-0.39, 0.29) is 15.1 Å². The van der Waals surface area contributed by atoms with E-state index in [1.54, 1.807) is 0 Å². The van der Waals surface area contributed by atoms with E-state index in [1.807, 2.05) is 83.8 Å². The Morgan fingerprint density at radius 2 is 0.939 bits per heavy atom. The lowest BCUT2D eigenvalue weighted by Gasteiger charge is -2.37. The van der Waals surface area contributed by atoms with Crippen LogP contribution < -0.4 is 0 Å². The Labute approximate surface area is 209 Å². The summed E-state index contributed by atoms with van der Waals surface area (Å²) in [5.41, 5.74) is 0.775. The largest absolute Gasteiger partial charge is 0.294 e. The van der Waals surface area contributed by atoms with E-state index in [9.17, 15) is 4.79 Å². The number of hydrogen-bond donors (Lipinski definition) is 0. The van der Waals surface area contributed by atoms with Gasteiger partial charge >= 0.3 is 0 Å². The number of carbonyl (C=O) groups is 1. The van der Waals surface area contributed by atoms with Crippen LogP contribution in [0.15, 0.2) is 136 Å². The Kier molecular flexibility index (Phi) is 8.38. The van der Waals surface area contributed by atoms with Gasteiger partial charge in [-0.2, -0.15) is 0 Å². The van der Waals surface area contributed by atoms with E-state index in [0.717, 1.165) is 5.56 Å². The molecule has 166 valence electrons. The zero-order valence-electron chi connectivity index (χ0n) is 18.5. The monoisotopic (exact) mass is 486 g/mol. The van der Waals surface area contributed by atoms with Gasteiger partial charge < -0.3 is 0 Å². The molecule has 0 aliphatic heterocycles. The Morgan fingerprint density at radius 3 is 1.30 bits per heavy atom. The molecule has 0 saturated heterocycles. The maximum atomic E-state index is 13.2. The van der Waals surface area contributed by atoms with Crippen molar-refractivity contribution in [2.45, 2.75) is 31.4 Å². The summed E-state index contributed by atoms with van der Waals surface area (Å²) in [4.78, 5) is 16.8. The minimum atomic E-state index is -0.339. The topological polar surface area (TPSA) is 17.1 Å². The average Bonchev–Trinajstić information content (AvgIpc) is 2.86. The molecule has 0 aromatic heterocycles. The maximum absolute atomic E-state index is 13.2. The second kappa shape index (κ2) is 11.6. The molecular weight excluding hydrogens is 461 g/mol. The lowest BCUT2D eigenvalue weighted by molar-refractivity contribution is 0.0966. The van der Waals surface area contributed by atoms with Gasteiger partial charge in [-0.3, -0.25) is 4.79 Å². The third-order valence-corrected chi connectivity index (χ3v) is 10.3. The fourth-order valence-corrected chi connectivity index (χ4v) is 8.42. The molecule has 0 heterocycles. The van der Waals surface area contributed by atoms with E-state index in [0.29, 0.717) is 6.42 Å². The van der Waals surface area contributed by atoms with Crippen LogP contribution in [0.5, 0.6) is 0 Å². The van der Waals surface area contributed by atoms with Crippen LogP contribution in [0, 0.1) is 5.92 Å². The molecular formula is C29H26OS3. The van der Waals surface area contributed by atoms with E-state index < -0.39 is 0 Å². The molecule has 1 unspecified atom stereocenters. The van der Waals surface area contributed by atoms with Crippen LogP contribution in [0.4, 0.5) is 0 Å². The fourth-order valence-electron chi connectivity index (χ4n) is 3.47. The van der Waals surface area contributed by atoms with Crippen LogP contribution in [-0.4, -0.2) is 9.19 Å². The molecule has 4 aromatic carbocycles. The summed E-state index contributed by atoms with van der Waals surface area (Å²) in [5, 5.41) is 0. The highest BCUT2D eigenvalue weighted by atomic mass is 32.3. The Hall–Kier alpha value is -2.40. The first-order chi connectivity index (χ1) is 16.1. The van der Waals surface area contributed by atoms with E-state index >= 15 is 0 Å². The number of ketones is 1. The summed E-state index contributed by atoms with van der Waals surface area (Å²) in [5.74, 6) is 0.272. The van der Waals surface area contributed by atoms with Gasteiger partial charge in [0.1, 0.15) is 3.41 Å². The van der Waals surface area contributed by atoms with Gasteiger partial charge in [0, 0.05) is 26.7 Å². The van der Waals surface area contributed by atoms with Crippen LogP contribution in [0.2, 0.25) is 0 Å². The van der Waals surface area contributed by atoms with Crippen molar-refractivity contribution < 1.29 is 4.79 Å². The van der Waals surface area contributed by atoms with Crippen molar-refractivity contribution in [3.63, 3.8) is 0 Å². The number of benzene rings is 4. The molecule has 1 atom stereocenters. The molecule has 0 amide bonds. The standard InChI is InChI=1S/C29H26OS3/c1-23(22-28(30)24-14-6-2-7-15-24)29(31-25-16-8-3-9-17-25,32-26-18-10-4-11-19-26)33-27-20-12-5-13-21-27/h2-21,23H,22H2,1H3. The van der Waals surface area contributed by atoms with Crippen LogP contribution in [-0.2, 0) is 0 Å². The Morgan fingerprint density at radius 1 is 0.606 bits per heavy atom. The maximum Gasteiger partial charge on any atom is 0.163 e. The van der Waals surface area contributed by atoms with Gasteiger partial charge in [-0.15, -0.1) is 0 Å². The normalized spacial score (nSPS) is 12.3. The minimum absolute atomic E-state index is 0.0887. The molecule has 33 heavy (non-hydrogen) atoms. The molecule has 0 aliphatic rings. The van der Waals surface area contributed by atoms with Crippen molar-refractivity contribution in [2.24, 2.45) is 5.92 Å². The summed E-state index contributed by atoms with van der Waals surface area (Å²) in [7, 11) is 0. The smallest absolute Gasteiger partial charge is 0.163 e. The first kappa shape index (κ1) is 23.7. The molecule has 4 rings (SSSR count). The van der Waals surface area contributed by atoms with Gasteiger partial charge in [0.25, 0.3) is 0 Å². The van der Waals surface area contributed by atoms with Crippen molar-refractivity contribution in [3.05, 3.63) is 127 Å². The first-order valence-corrected chi connectivity index (χ1v) is 13.4. The highest BCUT2D eigenvalue weighted by Crippen LogP contribution is 2.60. The zero-order chi connectivity index (χ0) is 22.9. The predicted molar refractivity (Wildman–Crippen MR) is 144 cm³/mol. The van der Waals surface area contributed by atoms with Crippen LogP contribution in [0.25, 0.3) is 0 Å². The molecule has 0 N–H and O–H groups in total. The highest BCUT2D eigenvalue weighted by molar-refractivity contribution is 8.33. The Bertz CT molecular complexity index is 1030. The summed E-state index contributed by atoms with van der Waals surface area (Å²) in [6.07, 6.45) is 0.476. The second-order valence-corrected chi connectivity index (χ2v) is 12.5. The molecule has 0 bridgehead atoms. The van der Waals surface area contributed by atoms with Gasteiger partial charge in [0.15, 0.2) is 5.78 Å². The number of hydrogen-bond acceptors (Lipinski definition) is 4. The van der Waals surface area contributed by atoms with Crippen LogP contribution in [0.3, 0.4) is 0 Å². The lowest BCUT2D eigenvalue weighted by Crippen LogP contribution is -2.27. The second-order valence-electron chi connectivity index (χ2n) is 7.74.